The predicted molar refractivity (Wildman–Crippen MR) is 99.2 cm³/mol. The van der Waals surface area contributed by atoms with Crippen LogP contribution in [0, 0.1) is 0 Å². The molecule has 2 N–H and O–H groups in total. The van der Waals surface area contributed by atoms with Crippen molar-refractivity contribution in [1.29, 1.82) is 0 Å². The highest BCUT2D eigenvalue weighted by molar-refractivity contribution is 6.33. The number of fused-ring (bicyclic) bond motifs is 2. The summed E-state index contributed by atoms with van der Waals surface area (Å²) in [6, 6.07) is 0. The fourth-order valence-corrected chi connectivity index (χ4v) is 3.53. The van der Waals surface area contributed by atoms with Crippen LogP contribution in [0.25, 0.3) is 11.2 Å². The molecule has 10 nitrogen and oxygen atoms in total. The molecule has 0 unspecified atom stereocenters. The van der Waals surface area contributed by atoms with E-state index in [4.69, 9.17) is 25.8 Å². The molecule has 4 heterocycles. The number of imidazole rings is 1. The van der Waals surface area contributed by atoms with Gasteiger partial charge in [0, 0.05) is 0 Å². The Morgan fingerprint density at radius 1 is 1.32 bits per heavy atom. The number of anilines is 1. The first kappa shape index (κ1) is 19.7. The molecule has 2 fully saturated rings. The van der Waals surface area contributed by atoms with Crippen molar-refractivity contribution in [3.63, 3.8) is 0 Å². The molecule has 11 heteroatoms. The van der Waals surface area contributed by atoms with Crippen LogP contribution in [0.4, 0.5) is 5.95 Å². The van der Waals surface area contributed by atoms with Crippen molar-refractivity contribution < 1.29 is 24.5 Å². The third kappa shape index (κ3) is 3.23. The zero-order valence-corrected chi connectivity index (χ0v) is 17.1. The lowest BCUT2D eigenvalue weighted by molar-refractivity contribution is -0.300. The Kier molecular flexibility index (Phi) is 4.57. The Morgan fingerprint density at radius 2 is 2.04 bits per heavy atom. The molecule has 0 radical (unpaired) electrons. The molecule has 4 atom stereocenters. The minimum atomic E-state index is -0.962. The van der Waals surface area contributed by atoms with Crippen LogP contribution in [0.15, 0.2) is 6.33 Å². The van der Waals surface area contributed by atoms with Gasteiger partial charge < -0.3 is 19.3 Å². The first-order valence-corrected chi connectivity index (χ1v) is 9.40. The number of halogens is 1. The fourth-order valence-electron chi connectivity index (χ4n) is 3.33. The van der Waals surface area contributed by atoms with E-state index in [1.807, 2.05) is 0 Å². The van der Waals surface area contributed by atoms with E-state index in [1.54, 1.807) is 39.2 Å². The van der Waals surface area contributed by atoms with Gasteiger partial charge in [0.1, 0.15) is 23.8 Å². The van der Waals surface area contributed by atoms with Crippen LogP contribution in [0.5, 0.6) is 0 Å². The van der Waals surface area contributed by atoms with Gasteiger partial charge in [-0.3, -0.25) is 9.77 Å². The average molecular weight is 414 g/mol. The van der Waals surface area contributed by atoms with Crippen LogP contribution < -0.4 is 5.06 Å². The second-order valence-electron chi connectivity index (χ2n) is 8.47. The van der Waals surface area contributed by atoms with Crippen LogP contribution in [-0.2, 0) is 14.2 Å². The maximum Gasteiger partial charge on any atom is 0.253 e. The van der Waals surface area contributed by atoms with Gasteiger partial charge in [-0.05, 0) is 34.6 Å². The summed E-state index contributed by atoms with van der Waals surface area (Å²) in [5, 5.41) is 22.3. The van der Waals surface area contributed by atoms with E-state index >= 15 is 0 Å². The summed E-state index contributed by atoms with van der Waals surface area (Å²) in [5.41, 5.74) is 0.0359. The summed E-state index contributed by atoms with van der Waals surface area (Å²) < 4.78 is 19.0. The van der Waals surface area contributed by atoms with Gasteiger partial charge in [-0.15, -0.1) is 0 Å². The molecule has 0 spiro atoms. The SMILES string of the molecule is CC1(C)OC[C@H]2O[C@@H](n3cnc4c(Cl)nc(N(O)C(C)(C)C)nc43)[C@H](O)[C@@H]2O1. The van der Waals surface area contributed by atoms with Crippen molar-refractivity contribution in [1.82, 2.24) is 19.5 Å². The summed E-state index contributed by atoms with van der Waals surface area (Å²) >= 11 is 6.26. The molecule has 2 aliphatic heterocycles. The molecule has 0 aliphatic carbocycles. The molecule has 4 rings (SSSR count). The lowest BCUT2D eigenvalue weighted by atomic mass is 10.1. The number of nitrogens with zero attached hydrogens (tertiary/aromatic N) is 5. The van der Waals surface area contributed by atoms with Crippen molar-refractivity contribution in [2.75, 3.05) is 11.7 Å². The fraction of sp³-hybridized carbons (Fsp3) is 0.706. The van der Waals surface area contributed by atoms with E-state index in [9.17, 15) is 10.3 Å². The van der Waals surface area contributed by atoms with E-state index < -0.39 is 35.9 Å². The van der Waals surface area contributed by atoms with E-state index in [0.717, 1.165) is 5.06 Å². The van der Waals surface area contributed by atoms with Crippen LogP contribution >= 0.6 is 11.6 Å². The molecule has 0 saturated carbocycles. The third-order valence-corrected chi connectivity index (χ3v) is 5.05. The second-order valence-corrected chi connectivity index (χ2v) is 8.83. The van der Waals surface area contributed by atoms with Crippen molar-refractivity contribution in [2.45, 2.75) is 70.5 Å². The van der Waals surface area contributed by atoms with Crippen molar-refractivity contribution in [3.8, 4) is 0 Å². The van der Waals surface area contributed by atoms with E-state index in [1.165, 1.54) is 6.33 Å². The molecule has 0 aromatic carbocycles. The predicted octanol–water partition coefficient (Wildman–Crippen LogP) is 1.88. The normalized spacial score (nSPS) is 29.9. The molecule has 0 bridgehead atoms. The largest absolute Gasteiger partial charge is 0.386 e. The highest BCUT2D eigenvalue weighted by atomic mass is 35.5. The van der Waals surface area contributed by atoms with Crippen LogP contribution in [-0.4, -0.2) is 66.1 Å². The molecular formula is C17H24ClN5O5. The maximum absolute atomic E-state index is 10.8. The maximum atomic E-state index is 10.8. The Balaban J connectivity index is 1.73. The monoisotopic (exact) mass is 413 g/mol. The molecule has 2 aromatic rings. The number of rotatable bonds is 2. The summed E-state index contributed by atoms with van der Waals surface area (Å²) in [6.07, 6.45) is -1.25. The number of aliphatic hydroxyl groups is 1. The van der Waals surface area contributed by atoms with Gasteiger partial charge >= 0.3 is 0 Å². The van der Waals surface area contributed by atoms with E-state index in [-0.39, 0.29) is 11.1 Å². The van der Waals surface area contributed by atoms with Gasteiger partial charge in [0.15, 0.2) is 22.8 Å². The Hall–Kier alpha value is -1.56. The quantitative estimate of drug-likeness (QED) is 0.562. The Bertz CT molecular complexity index is 898. The van der Waals surface area contributed by atoms with Gasteiger partial charge in [-0.2, -0.15) is 9.97 Å². The van der Waals surface area contributed by atoms with Crippen LogP contribution in [0.1, 0.15) is 40.8 Å². The smallest absolute Gasteiger partial charge is 0.253 e. The topological polar surface area (TPSA) is 115 Å². The molecular weight excluding hydrogens is 390 g/mol. The Labute approximate surface area is 167 Å². The summed E-state index contributed by atoms with van der Waals surface area (Å²) in [4.78, 5) is 12.8. The zero-order chi connectivity index (χ0) is 20.4. The van der Waals surface area contributed by atoms with E-state index in [0.29, 0.717) is 17.8 Å². The Morgan fingerprint density at radius 3 is 2.71 bits per heavy atom. The van der Waals surface area contributed by atoms with Gasteiger partial charge in [-0.1, -0.05) is 11.6 Å². The van der Waals surface area contributed by atoms with Crippen molar-refractivity contribution in [3.05, 3.63) is 11.5 Å². The van der Waals surface area contributed by atoms with Crippen LogP contribution in [0.3, 0.4) is 0 Å². The number of hydroxylamine groups is 1. The number of hydrogen-bond acceptors (Lipinski definition) is 9. The first-order valence-electron chi connectivity index (χ1n) is 9.02. The average Bonchev–Trinajstić information content (AvgIpc) is 3.14. The van der Waals surface area contributed by atoms with Gasteiger partial charge in [0.05, 0.1) is 18.5 Å². The third-order valence-electron chi connectivity index (χ3n) is 4.79. The number of hydrogen-bond donors (Lipinski definition) is 2. The molecule has 2 aromatic heterocycles. The zero-order valence-electron chi connectivity index (χ0n) is 16.3. The van der Waals surface area contributed by atoms with Gasteiger partial charge in [0.2, 0.25) is 0 Å². The summed E-state index contributed by atoms with van der Waals surface area (Å²) in [5.74, 6) is -0.780. The lowest BCUT2D eigenvalue weighted by Gasteiger charge is -2.37. The molecule has 28 heavy (non-hydrogen) atoms. The highest BCUT2D eigenvalue weighted by Crippen LogP contribution is 2.39. The summed E-state index contributed by atoms with van der Waals surface area (Å²) in [7, 11) is 0. The first-order chi connectivity index (χ1) is 13.0. The highest BCUT2D eigenvalue weighted by Gasteiger charge is 2.51. The minimum absolute atomic E-state index is 0.0253. The van der Waals surface area contributed by atoms with Crippen molar-refractivity contribution >= 4 is 28.7 Å². The van der Waals surface area contributed by atoms with E-state index in [2.05, 4.69) is 15.0 Å². The summed E-state index contributed by atoms with van der Waals surface area (Å²) in [6.45, 7) is 9.29. The second kappa shape index (κ2) is 6.48. The van der Waals surface area contributed by atoms with Crippen LogP contribution in [0.2, 0.25) is 5.15 Å². The standard InChI is InChI=1S/C17H24ClN5O5/c1-16(2,3)23(25)15-20-12(18)9-13(21-15)22(7-19-9)14-10(24)11-8(27-14)6-26-17(4,5)28-11/h7-8,10-11,14,24-25H,6H2,1-5H3/t8-,10-,11-,14-/m1/s1. The van der Waals surface area contributed by atoms with Gasteiger partial charge in [0.25, 0.3) is 5.95 Å². The van der Waals surface area contributed by atoms with Gasteiger partial charge in [-0.25, -0.2) is 10.0 Å². The molecule has 2 aliphatic rings. The molecule has 154 valence electrons. The minimum Gasteiger partial charge on any atom is -0.386 e. The molecule has 0 amide bonds. The number of ether oxygens (including phenoxy) is 3. The number of aromatic nitrogens is 4. The number of aliphatic hydroxyl groups excluding tert-OH is 1. The lowest BCUT2D eigenvalue weighted by Crippen LogP contribution is -2.50. The van der Waals surface area contributed by atoms with Crippen molar-refractivity contribution in [2.24, 2.45) is 0 Å². The molecule has 2 saturated heterocycles.